The first kappa shape index (κ1) is 15.3. The summed E-state index contributed by atoms with van der Waals surface area (Å²) in [5.41, 5.74) is 2.82. The first-order valence-corrected chi connectivity index (χ1v) is 6.84. The zero-order valence-electron chi connectivity index (χ0n) is 11.3. The molecule has 4 heteroatoms. The highest BCUT2D eigenvalue weighted by atomic mass is 35.5. The maximum absolute atomic E-state index is 10.4. The van der Waals surface area contributed by atoms with E-state index in [-0.39, 0.29) is 0 Å². The Morgan fingerprint density at radius 2 is 1.81 bits per heavy atom. The summed E-state index contributed by atoms with van der Waals surface area (Å²) in [5, 5.41) is 9.26. The molecule has 2 aromatic rings. The summed E-state index contributed by atoms with van der Waals surface area (Å²) in [5.74, 6) is -0.956. The Morgan fingerprint density at radius 1 is 1.10 bits per heavy atom. The molecule has 0 amide bonds. The molecule has 3 nitrogen and oxygen atoms in total. The lowest BCUT2D eigenvalue weighted by molar-refractivity contribution is -0.131. The van der Waals surface area contributed by atoms with Crippen LogP contribution in [0.4, 0.5) is 0 Å². The van der Waals surface area contributed by atoms with Crippen LogP contribution in [0.3, 0.4) is 0 Å². The zero-order valence-corrected chi connectivity index (χ0v) is 12.1. The van der Waals surface area contributed by atoms with Crippen molar-refractivity contribution in [1.29, 1.82) is 0 Å². The van der Waals surface area contributed by atoms with Crippen molar-refractivity contribution in [2.24, 2.45) is 0 Å². The first-order chi connectivity index (χ1) is 10.1. The predicted molar refractivity (Wildman–Crippen MR) is 83.1 cm³/mol. The highest BCUT2D eigenvalue weighted by molar-refractivity contribution is 6.31. The molecule has 0 saturated carbocycles. The van der Waals surface area contributed by atoms with E-state index in [1.807, 2.05) is 48.5 Å². The first-order valence-electron chi connectivity index (χ1n) is 6.46. The predicted octanol–water partition coefficient (Wildman–Crippen LogP) is 4.15. The number of hydrogen-bond donors (Lipinski definition) is 1. The largest absolute Gasteiger partial charge is 0.478 e. The number of benzene rings is 2. The molecule has 108 valence electrons. The fourth-order valence-corrected chi connectivity index (χ4v) is 1.98. The minimum Gasteiger partial charge on any atom is -0.478 e. The van der Waals surface area contributed by atoms with Gasteiger partial charge in [-0.15, -0.1) is 0 Å². The number of carboxylic acid groups (broad SMARTS) is 1. The molecule has 0 aliphatic heterocycles. The smallest absolute Gasteiger partial charge is 0.328 e. The second-order valence-corrected chi connectivity index (χ2v) is 4.90. The zero-order chi connectivity index (χ0) is 15.1. The van der Waals surface area contributed by atoms with Crippen LogP contribution in [0.15, 0.2) is 54.6 Å². The van der Waals surface area contributed by atoms with E-state index in [4.69, 9.17) is 21.4 Å². The molecule has 1 N–H and O–H groups in total. The highest BCUT2D eigenvalue weighted by Gasteiger charge is 1.99. The molecule has 21 heavy (non-hydrogen) atoms. The topological polar surface area (TPSA) is 46.5 Å². The third-order valence-corrected chi connectivity index (χ3v) is 3.25. The average Bonchev–Trinajstić information content (AvgIpc) is 2.48. The number of hydrogen-bond acceptors (Lipinski definition) is 2. The Hall–Kier alpha value is -2.10. The number of halogens is 1. The van der Waals surface area contributed by atoms with Gasteiger partial charge < -0.3 is 9.84 Å². The Kier molecular flexibility index (Phi) is 5.55. The molecule has 0 fully saturated rings. The van der Waals surface area contributed by atoms with E-state index in [1.54, 1.807) is 6.08 Å². The van der Waals surface area contributed by atoms with Crippen LogP contribution in [0.2, 0.25) is 5.02 Å². The van der Waals surface area contributed by atoms with Gasteiger partial charge >= 0.3 is 5.97 Å². The van der Waals surface area contributed by atoms with Crippen molar-refractivity contribution in [2.45, 2.75) is 13.2 Å². The Balaban J connectivity index is 1.87. The lowest BCUT2D eigenvalue weighted by Crippen LogP contribution is -1.95. The minimum atomic E-state index is -0.956. The fraction of sp³-hybridized carbons (Fsp3) is 0.118. The standard InChI is InChI=1S/C17H15ClO3/c18-16-4-2-1-3-15(16)12-21-11-14-7-5-13(6-8-14)9-10-17(19)20/h1-10H,11-12H2,(H,19,20). The second-order valence-electron chi connectivity index (χ2n) is 4.50. The van der Waals surface area contributed by atoms with Gasteiger partial charge in [-0.1, -0.05) is 54.1 Å². The van der Waals surface area contributed by atoms with Gasteiger partial charge in [-0.2, -0.15) is 0 Å². The van der Waals surface area contributed by atoms with Crippen LogP contribution >= 0.6 is 11.6 Å². The Bertz CT molecular complexity index is 633. The van der Waals surface area contributed by atoms with Gasteiger partial charge in [0.1, 0.15) is 0 Å². The lowest BCUT2D eigenvalue weighted by Gasteiger charge is -2.06. The van der Waals surface area contributed by atoms with Crippen molar-refractivity contribution in [3.05, 3.63) is 76.3 Å². The molecular weight excluding hydrogens is 288 g/mol. The van der Waals surface area contributed by atoms with E-state index in [2.05, 4.69) is 0 Å². The van der Waals surface area contributed by atoms with Gasteiger partial charge in [0, 0.05) is 11.1 Å². The van der Waals surface area contributed by atoms with E-state index in [0.29, 0.717) is 18.2 Å². The number of aliphatic carboxylic acids is 1. The van der Waals surface area contributed by atoms with Gasteiger partial charge in [-0.25, -0.2) is 4.79 Å². The molecule has 0 aromatic heterocycles. The minimum absolute atomic E-state index is 0.459. The second kappa shape index (κ2) is 7.62. The van der Waals surface area contributed by atoms with Crippen LogP contribution in [0, 0.1) is 0 Å². The maximum atomic E-state index is 10.4. The van der Waals surface area contributed by atoms with Crippen molar-refractivity contribution in [3.63, 3.8) is 0 Å². The van der Waals surface area contributed by atoms with Crippen molar-refractivity contribution < 1.29 is 14.6 Å². The van der Waals surface area contributed by atoms with Crippen LogP contribution in [0.5, 0.6) is 0 Å². The van der Waals surface area contributed by atoms with Crippen molar-refractivity contribution >= 4 is 23.6 Å². The van der Waals surface area contributed by atoms with Crippen LogP contribution < -0.4 is 0 Å². The number of rotatable bonds is 6. The van der Waals surface area contributed by atoms with E-state index in [1.165, 1.54) is 0 Å². The molecule has 2 rings (SSSR count). The van der Waals surface area contributed by atoms with Crippen molar-refractivity contribution in [1.82, 2.24) is 0 Å². The summed E-state index contributed by atoms with van der Waals surface area (Å²) in [6.45, 7) is 0.939. The molecule has 0 spiro atoms. The highest BCUT2D eigenvalue weighted by Crippen LogP contribution is 2.16. The summed E-state index contributed by atoms with van der Waals surface area (Å²) < 4.78 is 5.63. The molecule has 0 heterocycles. The van der Waals surface area contributed by atoms with E-state index >= 15 is 0 Å². The normalized spacial score (nSPS) is 10.9. The molecule has 0 saturated heterocycles. The average molecular weight is 303 g/mol. The molecule has 0 aliphatic rings. The van der Waals surface area contributed by atoms with Gasteiger partial charge in [0.2, 0.25) is 0 Å². The molecule has 0 atom stereocenters. The van der Waals surface area contributed by atoms with Gasteiger partial charge in [0.05, 0.1) is 13.2 Å². The Morgan fingerprint density at radius 3 is 2.48 bits per heavy atom. The van der Waals surface area contributed by atoms with E-state index in [9.17, 15) is 4.79 Å². The summed E-state index contributed by atoms with van der Waals surface area (Å²) >= 11 is 6.05. The van der Waals surface area contributed by atoms with Crippen LogP contribution in [0.1, 0.15) is 16.7 Å². The van der Waals surface area contributed by atoms with Crippen LogP contribution in [0.25, 0.3) is 6.08 Å². The third kappa shape index (κ3) is 5.06. The van der Waals surface area contributed by atoms with Crippen LogP contribution in [-0.4, -0.2) is 11.1 Å². The van der Waals surface area contributed by atoms with Crippen molar-refractivity contribution in [3.8, 4) is 0 Å². The third-order valence-electron chi connectivity index (χ3n) is 2.88. The van der Waals surface area contributed by atoms with Gasteiger partial charge in [0.25, 0.3) is 0 Å². The fourth-order valence-electron chi connectivity index (χ4n) is 1.79. The monoisotopic (exact) mass is 302 g/mol. The van der Waals surface area contributed by atoms with E-state index < -0.39 is 5.97 Å². The summed E-state index contributed by atoms with van der Waals surface area (Å²) in [6.07, 6.45) is 2.67. The Labute approximate surface area is 128 Å². The maximum Gasteiger partial charge on any atom is 0.328 e. The molecule has 0 radical (unpaired) electrons. The number of ether oxygens (including phenoxy) is 1. The quantitative estimate of drug-likeness (QED) is 0.815. The van der Waals surface area contributed by atoms with Gasteiger partial charge in [-0.3, -0.25) is 0 Å². The number of carboxylic acids is 1. The summed E-state index contributed by atoms with van der Waals surface area (Å²) in [7, 11) is 0. The molecule has 0 aliphatic carbocycles. The summed E-state index contributed by atoms with van der Waals surface area (Å²) in [6, 6.07) is 15.1. The lowest BCUT2D eigenvalue weighted by atomic mass is 10.1. The van der Waals surface area contributed by atoms with Gasteiger partial charge in [0.15, 0.2) is 0 Å². The van der Waals surface area contributed by atoms with Gasteiger partial charge in [-0.05, 0) is 28.8 Å². The molecule has 0 unspecified atom stereocenters. The SMILES string of the molecule is O=C(O)C=Cc1ccc(COCc2ccccc2Cl)cc1. The summed E-state index contributed by atoms with van der Waals surface area (Å²) in [4.78, 5) is 10.4. The van der Waals surface area contributed by atoms with Crippen molar-refractivity contribution in [2.75, 3.05) is 0 Å². The van der Waals surface area contributed by atoms with Crippen LogP contribution in [-0.2, 0) is 22.7 Å². The molecule has 0 bridgehead atoms. The number of carbonyl (C=O) groups is 1. The van der Waals surface area contributed by atoms with E-state index in [0.717, 1.165) is 22.8 Å². The molecule has 2 aromatic carbocycles. The molecular formula is C17H15ClO3.